The van der Waals surface area contributed by atoms with Crippen molar-refractivity contribution in [3.63, 3.8) is 0 Å². The van der Waals surface area contributed by atoms with Crippen molar-refractivity contribution in [3.8, 4) is 28.3 Å². The molecule has 10 rings (SSSR count). The van der Waals surface area contributed by atoms with Crippen LogP contribution in [0.15, 0.2) is 146 Å². The Hall–Kier alpha value is -5.67. The van der Waals surface area contributed by atoms with Crippen LogP contribution in [0.3, 0.4) is 0 Å². The van der Waals surface area contributed by atoms with Gasteiger partial charge in [0.2, 0.25) is 0 Å². The molecule has 2 nitrogen and oxygen atoms in total. The number of fused-ring (bicyclic) bond motifs is 14. The SMILES string of the molecule is Fc1ccc(-n2c3cc4c(cc3c3ccc5ccccc5c32)Oc2ccccc2C42c3ccccc3-c3ccccc32)cc1. The van der Waals surface area contributed by atoms with E-state index in [9.17, 15) is 4.39 Å². The smallest absolute Gasteiger partial charge is 0.133 e. The number of ether oxygens (including phenoxy) is 1. The predicted octanol–water partition coefficient (Wildman–Crippen LogP) is 10.5. The molecule has 0 fully saturated rings. The monoisotopic (exact) mass is 565 g/mol. The summed E-state index contributed by atoms with van der Waals surface area (Å²) in [4.78, 5) is 0. The van der Waals surface area contributed by atoms with E-state index in [0.717, 1.165) is 60.9 Å². The quantitative estimate of drug-likeness (QED) is 0.193. The van der Waals surface area contributed by atoms with Crippen LogP contribution in [-0.4, -0.2) is 4.57 Å². The molecule has 0 radical (unpaired) electrons. The minimum Gasteiger partial charge on any atom is -0.457 e. The average molecular weight is 566 g/mol. The largest absolute Gasteiger partial charge is 0.457 e. The number of rotatable bonds is 1. The highest BCUT2D eigenvalue weighted by molar-refractivity contribution is 6.19. The van der Waals surface area contributed by atoms with E-state index in [1.54, 1.807) is 12.1 Å². The maximum absolute atomic E-state index is 14.2. The molecule has 0 atom stereocenters. The van der Waals surface area contributed by atoms with Crippen molar-refractivity contribution < 1.29 is 9.13 Å². The minimum atomic E-state index is -0.558. The highest BCUT2D eigenvalue weighted by Crippen LogP contribution is 2.62. The van der Waals surface area contributed by atoms with Crippen molar-refractivity contribution in [1.29, 1.82) is 0 Å². The first-order valence-corrected chi connectivity index (χ1v) is 15.0. The molecule has 3 heteroatoms. The van der Waals surface area contributed by atoms with E-state index in [4.69, 9.17) is 4.74 Å². The van der Waals surface area contributed by atoms with Crippen LogP contribution in [0.4, 0.5) is 4.39 Å². The van der Waals surface area contributed by atoms with Gasteiger partial charge in [-0.1, -0.05) is 103 Å². The van der Waals surface area contributed by atoms with Crippen molar-refractivity contribution in [2.24, 2.45) is 0 Å². The Morgan fingerprint density at radius 3 is 1.93 bits per heavy atom. The Kier molecular flexibility index (Phi) is 4.58. The molecule has 2 heterocycles. The fourth-order valence-corrected chi connectivity index (χ4v) is 7.98. The number of halogens is 1. The second kappa shape index (κ2) is 8.46. The molecule has 0 bridgehead atoms. The van der Waals surface area contributed by atoms with Crippen LogP contribution in [0, 0.1) is 5.82 Å². The fourth-order valence-electron chi connectivity index (χ4n) is 7.98. The zero-order valence-electron chi connectivity index (χ0n) is 23.6. The molecule has 7 aromatic carbocycles. The van der Waals surface area contributed by atoms with Crippen LogP contribution >= 0.6 is 0 Å². The van der Waals surface area contributed by atoms with Crippen molar-refractivity contribution in [3.05, 3.63) is 174 Å². The second-order valence-corrected chi connectivity index (χ2v) is 11.8. The molecule has 2 aliphatic rings. The number of aromatic nitrogens is 1. The Morgan fingerprint density at radius 1 is 0.500 bits per heavy atom. The third-order valence-corrected chi connectivity index (χ3v) is 9.71. The van der Waals surface area contributed by atoms with E-state index in [-0.39, 0.29) is 5.82 Å². The maximum Gasteiger partial charge on any atom is 0.133 e. The molecule has 1 aliphatic carbocycles. The first-order chi connectivity index (χ1) is 21.7. The van der Waals surface area contributed by atoms with Crippen molar-refractivity contribution in [2.45, 2.75) is 5.41 Å². The van der Waals surface area contributed by atoms with Gasteiger partial charge in [0, 0.05) is 33.0 Å². The second-order valence-electron chi connectivity index (χ2n) is 11.8. The number of hydrogen-bond donors (Lipinski definition) is 0. The molecule has 0 amide bonds. The molecule has 1 spiro atoms. The van der Waals surface area contributed by atoms with Crippen LogP contribution in [0.25, 0.3) is 49.4 Å². The average Bonchev–Trinajstić information content (AvgIpc) is 3.55. The Balaban J connectivity index is 1.42. The third kappa shape index (κ3) is 2.89. The number of nitrogens with zero attached hydrogens (tertiary/aromatic N) is 1. The van der Waals surface area contributed by atoms with Crippen molar-refractivity contribution in [1.82, 2.24) is 4.57 Å². The lowest BCUT2D eigenvalue weighted by Crippen LogP contribution is -2.32. The summed E-state index contributed by atoms with van der Waals surface area (Å²) in [5.41, 5.74) is 9.78. The summed E-state index contributed by atoms with van der Waals surface area (Å²) in [5, 5.41) is 4.55. The lowest BCUT2D eigenvalue weighted by Gasteiger charge is -2.39. The lowest BCUT2D eigenvalue weighted by molar-refractivity contribution is 0.437. The summed E-state index contributed by atoms with van der Waals surface area (Å²) >= 11 is 0. The maximum atomic E-state index is 14.2. The first-order valence-electron chi connectivity index (χ1n) is 15.0. The fraction of sp³-hybridized carbons (Fsp3) is 0.0244. The summed E-state index contributed by atoms with van der Waals surface area (Å²) in [6, 6.07) is 50.3. The zero-order chi connectivity index (χ0) is 29.0. The van der Waals surface area contributed by atoms with Gasteiger partial charge in [0.1, 0.15) is 17.3 Å². The molecule has 44 heavy (non-hydrogen) atoms. The minimum absolute atomic E-state index is 0.250. The molecule has 206 valence electrons. The van der Waals surface area contributed by atoms with Crippen LogP contribution in [0.1, 0.15) is 22.3 Å². The van der Waals surface area contributed by atoms with E-state index >= 15 is 0 Å². The first kappa shape index (κ1) is 23.8. The van der Waals surface area contributed by atoms with Crippen molar-refractivity contribution >= 4 is 32.6 Å². The number of para-hydroxylation sites is 1. The summed E-state index contributed by atoms with van der Waals surface area (Å²) in [7, 11) is 0. The third-order valence-electron chi connectivity index (χ3n) is 9.71. The van der Waals surface area contributed by atoms with Gasteiger partial charge in [-0.25, -0.2) is 4.39 Å². The summed E-state index contributed by atoms with van der Waals surface area (Å²) in [6.45, 7) is 0. The number of hydrogen-bond acceptors (Lipinski definition) is 1. The molecule has 1 aliphatic heterocycles. The summed E-state index contributed by atoms with van der Waals surface area (Å²) < 4.78 is 23.3. The van der Waals surface area contributed by atoms with Gasteiger partial charge < -0.3 is 9.30 Å². The van der Waals surface area contributed by atoms with E-state index < -0.39 is 5.41 Å². The normalized spacial score (nSPS) is 13.9. The van der Waals surface area contributed by atoms with Gasteiger partial charge in [0.15, 0.2) is 0 Å². The van der Waals surface area contributed by atoms with Crippen LogP contribution in [0.2, 0.25) is 0 Å². The van der Waals surface area contributed by atoms with E-state index in [1.807, 2.05) is 12.1 Å². The van der Waals surface area contributed by atoms with Gasteiger partial charge in [-0.05, 0) is 70.1 Å². The highest BCUT2D eigenvalue weighted by Gasteiger charge is 2.51. The predicted molar refractivity (Wildman–Crippen MR) is 176 cm³/mol. The molecule has 0 saturated heterocycles. The molecular formula is C41H24FNO. The van der Waals surface area contributed by atoms with Gasteiger partial charge in [-0.2, -0.15) is 0 Å². The molecule has 1 aromatic heterocycles. The van der Waals surface area contributed by atoms with E-state index in [2.05, 4.69) is 126 Å². The molecule has 0 saturated carbocycles. The van der Waals surface area contributed by atoms with E-state index in [1.165, 1.54) is 22.3 Å². The topological polar surface area (TPSA) is 14.2 Å². The zero-order valence-corrected chi connectivity index (χ0v) is 23.6. The van der Waals surface area contributed by atoms with Gasteiger partial charge in [-0.15, -0.1) is 0 Å². The molecule has 8 aromatic rings. The standard InChI is InChI=1S/C41H24FNO/c42-26-18-20-27(21-19-26)43-37-24-36-39(23-32(37)31-22-17-25-9-1-2-10-28(25)40(31)43)44-38-16-8-7-15-35(38)41(36)33-13-5-3-11-29(33)30-12-4-6-14-34(30)41/h1-24H. The van der Waals surface area contributed by atoms with Gasteiger partial charge in [0.05, 0.1) is 16.4 Å². The summed E-state index contributed by atoms with van der Waals surface area (Å²) in [5.74, 6) is 1.48. The van der Waals surface area contributed by atoms with E-state index in [0.29, 0.717) is 0 Å². The molecule has 0 unspecified atom stereocenters. The Labute approximate surface area is 253 Å². The van der Waals surface area contributed by atoms with Crippen molar-refractivity contribution in [2.75, 3.05) is 0 Å². The summed E-state index contributed by atoms with van der Waals surface area (Å²) in [6.07, 6.45) is 0. The lowest BCUT2D eigenvalue weighted by atomic mass is 9.66. The molecular weight excluding hydrogens is 541 g/mol. The highest BCUT2D eigenvalue weighted by atomic mass is 19.1. The Morgan fingerprint density at radius 2 is 1.16 bits per heavy atom. The molecule has 0 N–H and O–H groups in total. The van der Waals surface area contributed by atoms with Crippen LogP contribution in [-0.2, 0) is 5.41 Å². The van der Waals surface area contributed by atoms with Gasteiger partial charge >= 0.3 is 0 Å². The van der Waals surface area contributed by atoms with Crippen LogP contribution in [0.5, 0.6) is 11.5 Å². The van der Waals surface area contributed by atoms with Gasteiger partial charge in [0.25, 0.3) is 0 Å². The number of benzene rings is 7. The van der Waals surface area contributed by atoms with Crippen LogP contribution < -0.4 is 4.74 Å². The van der Waals surface area contributed by atoms with Gasteiger partial charge in [-0.3, -0.25) is 0 Å². The Bertz CT molecular complexity index is 2440.